The third-order valence-corrected chi connectivity index (χ3v) is 5.05. The van der Waals surface area contributed by atoms with Gasteiger partial charge in [0, 0.05) is 0 Å². The standard InChI is InChI=1S/C18H20N2O6S/c1-12-4-9-16(25-2)15(10-12)20-17(21)11-19-27(23,24)14-7-5-13(6-8-14)18(22)26-3/h4-10,19H,11H2,1-3H3,(H,20,21). The van der Waals surface area contributed by atoms with Crippen LogP contribution in [0.2, 0.25) is 0 Å². The molecule has 0 saturated carbocycles. The van der Waals surface area contributed by atoms with Crippen LogP contribution in [-0.2, 0) is 19.6 Å². The van der Waals surface area contributed by atoms with Crippen molar-refractivity contribution in [1.82, 2.24) is 4.72 Å². The zero-order valence-electron chi connectivity index (χ0n) is 15.1. The fourth-order valence-electron chi connectivity index (χ4n) is 2.25. The van der Waals surface area contributed by atoms with Crippen molar-refractivity contribution in [2.75, 3.05) is 26.1 Å². The number of carbonyl (C=O) groups excluding carboxylic acids is 2. The number of carbonyl (C=O) groups is 2. The molecule has 2 N–H and O–H groups in total. The summed E-state index contributed by atoms with van der Waals surface area (Å²) in [5.41, 5.74) is 1.59. The lowest BCUT2D eigenvalue weighted by Gasteiger charge is -2.12. The third-order valence-electron chi connectivity index (χ3n) is 3.64. The van der Waals surface area contributed by atoms with Gasteiger partial charge in [0.2, 0.25) is 15.9 Å². The number of methoxy groups -OCH3 is 2. The Balaban J connectivity index is 2.03. The maximum Gasteiger partial charge on any atom is 0.337 e. The molecule has 0 aliphatic rings. The van der Waals surface area contributed by atoms with E-state index < -0.39 is 28.4 Å². The summed E-state index contributed by atoms with van der Waals surface area (Å²) >= 11 is 0. The second-order valence-corrected chi connectivity index (χ2v) is 7.36. The fraction of sp³-hybridized carbons (Fsp3) is 0.222. The van der Waals surface area contributed by atoms with Crippen LogP contribution in [0.1, 0.15) is 15.9 Å². The minimum Gasteiger partial charge on any atom is -0.495 e. The number of hydrogen-bond acceptors (Lipinski definition) is 6. The monoisotopic (exact) mass is 392 g/mol. The van der Waals surface area contributed by atoms with Crippen LogP contribution in [0.3, 0.4) is 0 Å². The molecule has 0 unspecified atom stereocenters. The summed E-state index contributed by atoms with van der Waals surface area (Å²) in [5, 5.41) is 2.61. The number of hydrogen-bond donors (Lipinski definition) is 2. The van der Waals surface area contributed by atoms with E-state index in [9.17, 15) is 18.0 Å². The van der Waals surface area contributed by atoms with Crippen molar-refractivity contribution in [1.29, 1.82) is 0 Å². The Morgan fingerprint density at radius 1 is 1.04 bits per heavy atom. The average molecular weight is 392 g/mol. The van der Waals surface area contributed by atoms with E-state index in [1.54, 1.807) is 12.1 Å². The molecule has 8 nitrogen and oxygen atoms in total. The number of rotatable bonds is 7. The van der Waals surface area contributed by atoms with Gasteiger partial charge in [0.1, 0.15) is 5.75 Å². The summed E-state index contributed by atoms with van der Waals surface area (Å²) in [5.74, 6) is -0.651. The van der Waals surface area contributed by atoms with Gasteiger partial charge in [-0.2, -0.15) is 0 Å². The van der Waals surface area contributed by atoms with Crippen molar-refractivity contribution in [3.63, 3.8) is 0 Å². The first-order chi connectivity index (χ1) is 12.8. The molecule has 2 aromatic rings. The molecule has 144 valence electrons. The van der Waals surface area contributed by atoms with Crippen LogP contribution in [-0.4, -0.2) is 41.1 Å². The highest BCUT2D eigenvalue weighted by Gasteiger charge is 2.17. The van der Waals surface area contributed by atoms with Crippen LogP contribution >= 0.6 is 0 Å². The fourth-order valence-corrected chi connectivity index (χ4v) is 3.23. The second-order valence-electron chi connectivity index (χ2n) is 5.59. The number of esters is 1. The molecular formula is C18H20N2O6S. The maximum atomic E-state index is 12.3. The van der Waals surface area contributed by atoms with Gasteiger partial charge < -0.3 is 14.8 Å². The molecule has 0 aliphatic carbocycles. The summed E-state index contributed by atoms with van der Waals surface area (Å²) in [6, 6.07) is 10.4. The lowest BCUT2D eigenvalue weighted by atomic mass is 10.2. The Kier molecular flexibility index (Phi) is 6.54. The van der Waals surface area contributed by atoms with Crippen LogP contribution in [0.4, 0.5) is 5.69 Å². The van der Waals surface area contributed by atoms with Gasteiger partial charge in [0.25, 0.3) is 0 Å². The Hall–Kier alpha value is -2.91. The molecule has 0 fully saturated rings. The minimum atomic E-state index is -3.91. The molecule has 0 atom stereocenters. The lowest BCUT2D eigenvalue weighted by Crippen LogP contribution is -2.33. The highest BCUT2D eigenvalue weighted by molar-refractivity contribution is 7.89. The molecule has 0 spiro atoms. The van der Waals surface area contributed by atoms with Crippen LogP contribution in [0, 0.1) is 6.92 Å². The van der Waals surface area contributed by atoms with E-state index in [0.29, 0.717) is 11.4 Å². The van der Waals surface area contributed by atoms with Crippen LogP contribution in [0.25, 0.3) is 0 Å². The van der Waals surface area contributed by atoms with Crippen molar-refractivity contribution in [3.8, 4) is 5.75 Å². The molecule has 0 heterocycles. The van der Waals surface area contributed by atoms with Gasteiger partial charge in [-0.25, -0.2) is 17.9 Å². The van der Waals surface area contributed by atoms with Crippen molar-refractivity contribution >= 4 is 27.6 Å². The molecule has 1 amide bonds. The number of ether oxygens (including phenoxy) is 2. The predicted octanol–water partition coefficient (Wildman–Crippen LogP) is 1.71. The summed E-state index contributed by atoms with van der Waals surface area (Å²) in [6.07, 6.45) is 0. The zero-order valence-corrected chi connectivity index (χ0v) is 15.9. The molecular weight excluding hydrogens is 372 g/mol. The highest BCUT2D eigenvalue weighted by Crippen LogP contribution is 2.25. The van der Waals surface area contributed by atoms with Crippen LogP contribution in [0.5, 0.6) is 5.75 Å². The predicted molar refractivity (Wildman–Crippen MR) is 99.3 cm³/mol. The van der Waals surface area contributed by atoms with Crippen LogP contribution in [0.15, 0.2) is 47.4 Å². The van der Waals surface area contributed by atoms with E-state index in [-0.39, 0.29) is 10.5 Å². The highest BCUT2D eigenvalue weighted by atomic mass is 32.2. The Labute approximate surface area is 157 Å². The largest absolute Gasteiger partial charge is 0.495 e. The topological polar surface area (TPSA) is 111 Å². The Morgan fingerprint density at radius 2 is 1.70 bits per heavy atom. The van der Waals surface area contributed by atoms with E-state index in [0.717, 1.165) is 5.56 Å². The first-order valence-electron chi connectivity index (χ1n) is 7.89. The zero-order chi connectivity index (χ0) is 20.0. The van der Waals surface area contributed by atoms with E-state index >= 15 is 0 Å². The number of nitrogens with one attached hydrogen (secondary N) is 2. The summed E-state index contributed by atoms with van der Waals surface area (Å²) < 4.78 is 36.5. The van der Waals surface area contributed by atoms with Gasteiger partial charge in [-0.3, -0.25) is 4.79 Å². The normalized spacial score (nSPS) is 10.9. The molecule has 27 heavy (non-hydrogen) atoms. The maximum absolute atomic E-state index is 12.3. The molecule has 0 aliphatic heterocycles. The second kappa shape index (κ2) is 8.65. The van der Waals surface area contributed by atoms with Gasteiger partial charge in [-0.1, -0.05) is 6.07 Å². The lowest BCUT2D eigenvalue weighted by molar-refractivity contribution is -0.115. The number of sulfonamides is 1. The number of amides is 1. The van der Waals surface area contributed by atoms with Crippen molar-refractivity contribution in [3.05, 3.63) is 53.6 Å². The first kappa shape index (κ1) is 20.4. The van der Waals surface area contributed by atoms with E-state index in [1.807, 2.05) is 13.0 Å². The van der Waals surface area contributed by atoms with Crippen molar-refractivity contribution in [2.24, 2.45) is 0 Å². The van der Waals surface area contributed by atoms with Gasteiger partial charge in [-0.15, -0.1) is 0 Å². The quantitative estimate of drug-likeness (QED) is 0.694. The summed E-state index contributed by atoms with van der Waals surface area (Å²) in [7, 11) is -1.21. The number of benzene rings is 2. The van der Waals surface area contributed by atoms with E-state index in [4.69, 9.17) is 4.74 Å². The summed E-state index contributed by atoms with van der Waals surface area (Å²) in [6.45, 7) is 1.40. The third kappa shape index (κ3) is 5.28. The van der Waals surface area contributed by atoms with Gasteiger partial charge >= 0.3 is 5.97 Å². The summed E-state index contributed by atoms with van der Waals surface area (Å²) in [4.78, 5) is 23.4. The van der Waals surface area contributed by atoms with Crippen molar-refractivity contribution < 1.29 is 27.5 Å². The van der Waals surface area contributed by atoms with Gasteiger partial charge in [0.05, 0.1) is 36.9 Å². The average Bonchev–Trinajstić information content (AvgIpc) is 2.66. The Morgan fingerprint density at radius 3 is 2.30 bits per heavy atom. The Bertz CT molecular complexity index is 939. The van der Waals surface area contributed by atoms with E-state index in [2.05, 4.69) is 14.8 Å². The molecule has 2 aromatic carbocycles. The SMILES string of the molecule is COC(=O)c1ccc(S(=O)(=O)NCC(=O)Nc2cc(C)ccc2OC)cc1. The van der Waals surface area contributed by atoms with Gasteiger partial charge in [0.15, 0.2) is 0 Å². The number of anilines is 1. The molecule has 0 saturated heterocycles. The van der Waals surface area contributed by atoms with Crippen molar-refractivity contribution in [2.45, 2.75) is 11.8 Å². The minimum absolute atomic E-state index is 0.0731. The molecule has 9 heteroatoms. The molecule has 0 aromatic heterocycles. The smallest absolute Gasteiger partial charge is 0.337 e. The molecule has 2 rings (SSSR count). The first-order valence-corrected chi connectivity index (χ1v) is 9.37. The van der Waals surface area contributed by atoms with E-state index in [1.165, 1.54) is 38.5 Å². The van der Waals surface area contributed by atoms with Gasteiger partial charge in [-0.05, 0) is 48.9 Å². The van der Waals surface area contributed by atoms with Crippen LogP contribution < -0.4 is 14.8 Å². The molecule has 0 bridgehead atoms. The number of aryl methyl sites for hydroxylation is 1. The molecule has 0 radical (unpaired) electrons.